The summed E-state index contributed by atoms with van der Waals surface area (Å²) in [7, 11) is -1.95. The van der Waals surface area contributed by atoms with E-state index in [1.165, 1.54) is 5.57 Å². The second-order valence-electron chi connectivity index (χ2n) is 7.48. The largest absolute Gasteiger partial charge is 0.543 e. The summed E-state index contributed by atoms with van der Waals surface area (Å²) in [6, 6.07) is 5.15. The highest BCUT2D eigenvalue weighted by molar-refractivity contribution is 6.74. The zero-order chi connectivity index (χ0) is 17.1. The fraction of sp³-hybridized carbons (Fsp3) is 0.500. The summed E-state index contributed by atoms with van der Waals surface area (Å²) in [6.07, 6.45) is 2.78. The normalized spacial score (nSPS) is 12.0. The van der Waals surface area contributed by atoms with Gasteiger partial charge >= 0.3 is 5.97 Å². The van der Waals surface area contributed by atoms with Crippen LogP contribution in [0.5, 0.6) is 5.75 Å². The van der Waals surface area contributed by atoms with Crippen molar-refractivity contribution in [1.29, 1.82) is 0 Å². The van der Waals surface area contributed by atoms with E-state index in [0.29, 0.717) is 12.0 Å². The van der Waals surface area contributed by atoms with E-state index in [0.717, 1.165) is 11.3 Å². The summed E-state index contributed by atoms with van der Waals surface area (Å²) >= 11 is 0. The zero-order valence-corrected chi connectivity index (χ0v) is 15.8. The number of allylic oxidation sites excluding steroid dienone is 2. The molecule has 0 spiro atoms. The lowest BCUT2D eigenvalue weighted by Crippen LogP contribution is -2.44. The van der Waals surface area contributed by atoms with Crippen molar-refractivity contribution >= 4 is 14.3 Å². The number of hydrogen-bond donors (Lipinski definition) is 1. The van der Waals surface area contributed by atoms with Crippen LogP contribution in [0.1, 0.15) is 50.5 Å². The third-order valence-corrected chi connectivity index (χ3v) is 8.55. The fourth-order valence-corrected chi connectivity index (χ4v) is 2.77. The fourth-order valence-electron chi connectivity index (χ4n) is 1.71. The maximum absolute atomic E-state index is 11.2. The van der Waals surface area contributed by atoms with Crippen LogP contribution in [-0.4, -0.2) is 19.4 Å². The predicted octanol–water partition coefficient (Wildman–Crippen LogP) is 5.28. The standard InChI is InChI=1S/C18H28O3Si/c1-13(2)8-9-14-12-15(17(19)20)10-11-16(14)21-22(6,7)18(3,4)5/h8,10-12H,9H2,1-7H3,(H,19,20). The number of benzene rings is 1. The van der Waals surface area contributed by atoms with E-state index < -0.39 is 14.3 Å². The Hall–Kier alpha value is -1.55. The molecule has 0 bridgehead atoms. The molecule has 0 aliphatic rings. The van der Waals surface area contributed by atoms with Gasteiger partial charge < -0.3 is 9.53 Å². The first-order valence-electron chi connectivity index (χ1n) is 7.62. The lowest BCUT2D eigenvalue weighted by Gasteiger charge is -2.37. The minimum Gasteiger partial charge on any atom is -0.543 e. The van der Waals surface area contributed by atoms with Crippen molar-refractivity contribution in [2.24, 2.45) is 0 Å². The van der Waals surface area contributed by atoms with Crippen molar-refractivity contribution in [3.8, 4) is 5.75 Å². The molecule has 0 saturated heterocycles. The molecular weight excluding hydrogens is 292 g/mol. The molecule has 4 heteroatoms. The van der Waals surface area contributed by atoms with Gasteiger partial charge in [0.15, 0.2) is 0 Å². The first kappa shape index (κ1) is 18.5. The van der Waals surface area contributed by atoms with E-state index >= 15 is 0 Å². The van der Waals surface area contributed by atoms with Crippen LogP contribution in [0.15, 0.2) is 29.8 Å². The molecule has 0 fully saturated rings. The molecule has 122 valence electrons. The van der Waals surface area contributed by atoms with Crippen LogP contribution >= 0.6 is 0 Å². The first-order chi connectivity index (χ1) is 9.94. The third kappa shape index (κ3) is 4.73. The molecule has 1 rings (SSSR count). The Labute approximate surface area is 135 Å². The Kier molecular flexibility index (Phi) is 5.63. The molecule has 3 nitrogen and oxygen atoms in total. The SMILES string of the molecule is CC(C)=CCc1cc(C(=O)O)ccc1O[Si](C)(C)C(C)(C)C. The molecule has 1 N–H and O–H groups in total. The predicted molar refractivity (Wildman–Crippen MR) is 94.4 cm³/mol. The van der Waals surface area contributed by atoms with Gasteiger partial charge in [-0.25, -0.2) is 4.79 Å². The first-order valence-corrected chi connectivity index (χ1v) is 10.5. The molecule has 1 aromatic rings. The van der Waals surface area contributed by atoms with E-state index in [2.05, 4.69) is 39.9 Å². The van der Waals surface area contributed by atoms with Crippen LogP contribution < -0.4 is 4.43 Å². The summed E-state index contributed by atoms with van der Waals surface area (Å²) in [5.74, 6) is -0.0913. The second kappa shape index (κ2) is 6.69. The van der Waals surface area contributed by atoms with E-state index in [-0.39, 0.29) is 5.04 Å². The van der Waals surface area contributed by atoms with Crippen molar-refractivity contribution in [3.63, 3.8) is 0 Å². The zero-order valence-electron chi connectivity index (χ0n) is 14.8. The molecule has 0 amide bonds. The van der Waals surface area contributed by atoms with Crippen molar-refractivity contribution in [2.75, 3.05) is 0 Å². The number of rotatable bonds is 5. The van der Waals surface area contributed by atoms with Crippen LogP contribution in [0, 0.1) is 0 Å². The summed E-state index contributed by atoms with van der Waals surface area (Å²) in [5.41, 5.74) is 2.45. The van der Waals surface area contributed by atoms with Gasteiger partial charge in [-0.2, -0.15) is 0 Å². The Balaban J connectivity index is 3.23. The molecule has 0 saturated carbocycles. The van der Waals surface area contributed by atoms with Gasteiger partial charge in [0.2, 0.25) is 8.32 Å². The Morgan fingerprint density at radius 3 is 2.32 bits per heavy atom. The molecule has 0 heterocycles. The van der Waals surface area contributed by atoms with E-state index in [1.807, 2.05) is 13.8 Å². The molecular formula is C18H28O3Si. The van der Waals surface area contributed by atoms with Crippen molar-refractivity contribution in [2.45, 2.75) is 59.2 Å². The molecule has 0 aromatic heterocycles. The minimum absolute atomic E-state index is 0.103. The summed E-state index contributed by atoms with van der Waals surface area (Å²) < 4.78 is 6.38. The number of carboxylic acid groups (broad SMARTS) is 1. The topological polar surface area (TPSA) is 46.5 Å². The van der Waals surface area contributed by atoms with Gasteiger partial charge in [-0.3, -0.25) is 0 Å². The van der Waals surface area contributed by atoms with Crippen LogP contribution in [0.2, 0.25) is 18.1 Å². The highest BCUT2D eigenvalue weighted by Gasteiger charge is 2.39. The van der Waals surface area contributed by atoms with Gasteiger partial charge in [-0.15, -0.1) is 0 Å². The van der Waals surface area contributed by atoms with Gasteiger partial charge in [0, 0.05) is 0 Å². The Bertz CT molecular complexity index is 576. The van der Waals surface area contributed by atoms with Gasteiger partial charge in [0.05, 0.1) is 5.56 Å². The van der Waals surface area contributed by atoms with Crippen molar-refractivity contribution in [1.82, 2.24) is 0 Å². The highest BCUT2D eigenvalue weighted by Crippen LogP contribution is 2.38. The number of carboxylic acids is 1. The lowest BCUT2D eigenvalue weighted by molar-refractivity contribution is 0.0697. The van der Waals surface area contributed by atoms with Crippen LogP contribution in [0.3, 0.4) is 0 Å². The highest BCUT2D eigenvalue weighted by atomic mass is 28.4. The second-order valence-corrected chi connectivity index (χ2v) is 12.2. The van der Waals surface area contributed by atoms with E-state index in [9.17, 15) is 9.90 Å². The lowest BCUT2D eigenvalue weighted by atomic mass is 10.1. The van der Waals surface area contributed by atoms with Gasteiger partial charge in [-0.05, 0) is 62.2 Å². The van der Waals surface area contributed by atoms with Crippen molar-refractivity contribution in [3.05, 3.63) is 41.0 Å². The Morgan fingerprint density at radius 1 is 1.27 bits per heavy atom. The monoisotopic (exact) mass is 320 g/mol. The molecule has 0 unspecified atom stereocenters. The molecule has 0 atom stereocenters. The summed E-state index contributed by atoms with van der Waals surface area (Å²) in [6.45, 7) is 15.1. The van der Waals surface area contributed by atoms with Crippen LogP contribution in [-0.2, 0) is 6.42 Å². The quantitative estimate of drug-likeness (QED) is 0.593. The van der Waals surface area contributed by atoms with Crippen molar-refractivity contribution < 1.29 is 14.3 Å². The van der Waals surface area contributed by atoms with Crippen LogP contribution in [0.25, 0.3) is 0 Å². The third-order valence-electron chi connectivity index (χ3n) is 4.21. The molecule has 22 heavy (non-hydrogen) atoms. The smallest absolute Gasteiger partial charge is 0.335 e. The maximum atomic E-state index is 11.2. The maximum Gasteiger partial charge on any atom is 0.335 e. The van der Waals surface area contributed by atoms with Crippen LogP contribution in [0.4, 0.5) is 0 Å². The molecule has 0 aliphatic heterocycles. The number of hydrogen-bond acceptors (Lipinski definition) is 2. The minimum atomic E-state index is -1.95. The molecule has 0 radical (unpaired) electrons. The average molecular weight is 321 g/mol. The molecule has 0 aliphatic carbocycles. The van der Waals surface area contributed by atoms with E-state index in [1.54, 1.807) is 18.2 Å². The molecule has 1 aromatic carbocycles. The Morgan fingerprint density at radius 2 is 1.86 bits per heavy atom. The van der Waals surface area contributed by atoms with Gasteiger partial charge in [0.1, 0.15) is 5.75 Å². The number of aromatic carboxylic acids is 1. The average Bonchev–Trinajstić information content (AvgIpc) is 2.35. The van der Waals surface area contributed by atoms with E-state index in [4.69, 9.17) is 4.43 Å². The van der Waals surface area contributed by atoms with Gasteiger partial charge in [0.25, 0.3) is 0 Å². The summed E-state index contributed by atoms with van der Waals surface area (Å²) in [4.78, 5) is 11.2. The van der Waals surface area contributed by atoms with Gasteiger partial charge in [-0.1, -0.05) is 32.4 Å². The summed E-state index contributed by atoms with van der Waals surface area (Å²) in [5, 5.41) is 9.30. The number of carbonyl (C=O) groups is 1.